The van der Waals surface area contributed by atoms with Gasteiger partial charge in [0.15, 0.2) is 0 Å². The van der Waals surface area contributed by atoms with Gasteiger partial charge in [0, 0.05) is 19.2 Å². The lowest BCUT2D eigenvalue weighted by Gasteiger charge is -2.05. The number of nitrogens with zero attached hydrogens (tertiary/aromatic N) is 1. The highest BCUT2D eigenvalue weighted by Crippen LogP contribution is 2.07. The quantitative estimate of drug-likeness (QED) is 0.740. The Morgan fingerprint density at radius 2 is 2.25 bits per heavy atom. The van der Waals surface area contributed by atoms with E-state index >= 15 is 0 Å². The van der Waals surface area contributed by atoms with Crippen LogP contribution in [0.1, 0.15) is 6.42 Å². The molecule has 3 N–H and O–H groups in total. The number of thiocarbonyl (C=S) groups is 1. The molecule has 88 valence electrons. The molecule has 0 radical (unpaired) electrons. The van der Waals surface area contributed by atoms with E-state index in [0.717, 1.165) is 18.5 Å². The average molecular weight is 263 g/mol. The Bertz CT molecular complexity index is 490. The summed E-state index contributed by atoms with van der Waals surface area (Å²) in [5, 5.41) is 0. The van der Waals surface area contributed by atoms with E-state index in [1.807, 2.05) is 0 Å². The van der Waals surface area contributed by atoms with Crippen LogP contribution in [0, 0.1) is 5.82 Å². The van der Waals surface area contributed by atoms with E-state index < -0.39 is 15.8 Å². The third kappa shape index (κ3) is 3.80. The largest absolute Gasteiger partial charge is 0.393 e. The van der Waals surface area contributed by atoms with Crippen LogP contribution >= 0.6 is 12.2 Å². The van der Waals surface area contributed by atoms with Gasteiger partial charge in [-0.25, -0.2) is 17.5 Å². The van der Waals surface area contributed by atoms with E-state index in [2.05, 4.69) is 21.9 Å². The molecule has 8 heteroatoms. The lowest BCUT2D eigenvalue weighted by molar-refractivity contribution is 0.576. The summed E-state index contributed by atoms with van der Waals surface area (Å²) in [4.78, 5) is 3.43. The summed E-state index contributed by atoms with van der Waals surface area (Å²) in [5.74, 6) is -0.711. The van der Waals surface area contributed by atoms with Crippen LogP contribution in [0.3, 0.4) is 0 Å². The fraction of sp³-hybridized carbons (Fsp3) is 0.250. The number of rotatable bonds is 5. The van der Waals surface area contributed by atoms with Crippen molar-refractivity contribution < 1.29 is 12.8 Å². The Labute approximate surface area is 97.9 Å². The fourth-order valence-corrected chi connectivity index (χ4v) is 2.04. The summed E-state index contributed by atoms with van der Waals surface area (Å²) >= 11 is 4.59. The molecule has 0 saturated carbocycles. The van der Waals surface area contributed by atoms with Crippen LogP contribution in [0.5, 0.6) is 0 Å². The third-order valence-corrected chi connectivity index (χ3v) is 3.29. The van der Waals surface area contributed by atoms with Crippen LogP contribution in [0.4, 0.5) is 4.39 Å². The van der Waals surface area contributed by atoms with Gasteiger partial charge in [0.2, 0.25) is 10.0 Å². The van der Waals surface area contributed by atoms with Gasteiger partial charge in [-0.2, -0.15) is 0 Å². The van der Waals surface area contributed by atoms with Gasteiger partial charge in [-0.1, -0.05) is 12.2 Å². The van der Waals surface area contributed by atoms with E-state index in [-0.39, 0.29) is 22.8 Å². The summed E-state index contributed by atoms with van der Waals surface area (Å²) < 4.78 is 38.1. The molecule has 1 aromatic rings. The molecular weight excluding hydrogens is 253 g/mol. The Hall–Kier alpha value is -1.12. The maximum atomic E-state index is 12.8. The second kappa shape index (κ2) is 5.28. The summed E-state index contributed by atoms with van der Waals surface area (Å²) in [6.45, 7) is 0.0776. The van der Waals surface area contributed by atoms with Crippen molar-refractivity contribution in [3.63, 3.8) is 0 Å². The molecule has 0 saturated heterocycles. The number of sulfonamides is 1. The molecule has 1 heterocycles. The van der Waals surface area contributed by atoms with Crippen LogP contribution in [-0.4, -0.2) is 24.9 Å². The van der Waals surface area contributed by atoms with E-state index in [4.69, 9.17) is 5.73 Å². The second-order valence-corrected chi connectivity index (χ2v) is 5.24. The fourth-order valence-electron chi connectivity index (χ4n) is 0.931. The molecule has 16 heavy (non-hydrogen) atoms. The van der Waals surface area contributed by atoms with E-state index in [9.17, 15) is 12.8 Å². The van der Waals surface area contributed by atoms with Crippen molar-refractivity contribution in [2.75, 3.05) is 6.54 Å². The molecule has 0 aromatic carbocycles. The van der Waals surface area contributed by atoms with Crippen molar-refractivity contribution in [1.29, 1.82) is 0 Å². The SMILES string of the molecule is NC(=S)CCNS(=O)(=O)c1cncc(F)c1. The highest BCUT2D eigenvalue weighted by Gasteiger charge is 2.14. The highest BCUT2D eigenvalue weighted by atomic mass is 32.2. The van der Waals surface area contributed by atoms with Crippen molar-refractivity contribution >= 4 is 27.2 Å². The summed E-state index contributed by atoms with van der Waals surface area (Å²) in [6, 6.07) is 0.885. The molecule has 1 rings (SSSR count). The summed E-state index contributed by atoms with van der Waals surface area (Å²) in [7, 11) is -3.75. The van der Waals surface area contributed by atoms with Gasteiger partial charge in [0.25, 0.3) is 0 Å². The molecule has 0 fully saturated rings. The standard InChI is InChI=1S/C8H10FN3O2S2/c9-6-3-7(5-11-4-6)16(13,14)12-2-1-8(10)15/h3-5,12H,1-2H2,(H2,10,15). The van der Waals surface area contributed by atoms with Gasteiger partial charge >= 0.3 is 0 Å². The minimum Gasteiger partial charge on any atom is -0.393 e. The minimum absolute atomic E-state index is 0.0776. The monoisotopic (exact) mass is 263 g/mol. The Kier molecular flexibility index (Phi) is 4.27. The van der Waals surface area contributed by atoms with Crippen molar-refractivity contribution in [1.82, 2.24) is 9.71 Å². The van der Waals surface area contributed by atoms with Gasteiger partial charge in [-0.3, -0.25) is 4.98 Å². The number of nitrogens with two attached hydrogens (primary N) is 1. The van der Waals surface area contributed by atoms with Crippen molar-refractivity contribution in [2.24, 2.45) is 5.73 Å². The normalized spacial score (nSPS) is 11.3. The zero-order valence-electron chi connectivity index (χ0n) is 8.18. The Balaban J connectivity index is 2.74. The second-order valence-electron chi connectivity index (χ2n) is 2.95. The number of halogens is 1. The Morgan fingerprint density at radius 3 is 2.81 bits per heavy atom. The summed E-state index contributed by atoms with van der Waals surface area (Å²) in [5.41, 5.74) is 5.21. The van der Waals surface area contributed by atoms with E-state index in [1.54, 1.807) is 0 Å². The maximum Gasteiger partial charge on any atom is 0.242 e. The number of pyridine rings is 1. The molecule has 0 atom stereocenters. The van der Waals surface area contributed by atoms with Gasteiger partial charge in [0.05, 0.1) is 11.2 Å². The smallest absolute Gasteiger partial charge is 0.242 e. The van der Waals surface area contributed by atoms with Crippen molar-refractivity contribution in [3.05, 3.63) is 24.3 Å². The van der Waals surface area contributed by atoms with Crippen molar-refractivity contribution in [3.8, 4) is 0 Å². The molecule has 0 aliphatic heterocycles. The average Bonchev–Trinajstić information content (AvgIpc) is 2.16. The third-order valence-electron chi connectivity index (χ3n) is 1.65. The number of nitrogens with one attached hydrogen (secondary N) is 1. The molecule has 0 bridgehead atoms. The van der Waals surface area contributed by atoms with Crippen LogP contribution in [0.15, 0.2) is 23.4 Å². The molecule has 1 aromatic heterocycles. The first-order valence-electron chi connectivity index (χ1n) is 4.30. The maximum absolute atomic E-state index is 12.8. The van der Waals surface area contributed by atoms with Gasteiger partial charge < -0.3 is 5.73 Å². The predicted molar refractivity (Wildman–Crippen MR) is 60.8 cm³/mol. The predicted octanol–water partition coefficient (Wildman–Crippen LogP) is 0.175. The number of hydrogen-bond donors (Lipinski definition) is 2. The first-order chi connectivity index (χ1) is 7.42. The zero-order chi connectivity index (χ0) is 12.2. The van der Waals surface area contributed by atoms with Crippen LogP contribution in [-0.2, 0) is 10.0 Å². The Morgan fingerprint density at radius 1 is 1.56 bits per heavy atom. The van der Waals surface area contributed by atoms with Gasteiger partial charge in [-0.15, -0.1) is 0 Å². The van der Waals surface area contributed by atoms with E-state index in [1.165, 1.54) is 0 Å². The molecule has 5 nitrogen and oxygen atoms in total. The molecule has 0 spiro atoms. The molecular formula is C8H10FN3O2S2. The van der Waals surface area contributed by atoms with Crippen LogP contribution < -0.4 is 10.5 Å². The van der Waals surface area contributed by atoms with Gasteiger partial charge in [-0.05, 0) is 6.07 Å². The number of aromatic nitrogens is 1. The molecule has 0 aliphatic rings. The van der Waals surface area contributed by atoms with Crippen LogP contribution in [0.2, 0.25) is 0 Å². The van der Waals surface area contributed by atoms with Crippen LogP contribution in [0.25, 0.3) is 0 Å². The molecule has 0 unspecified atom stereocenters. The first-order valence-corrected chi connectivity index (χ1v) is 6.19. The lowest BCUT2D eigenvalue weighted by atomic mass is 10.4. The van der Waals surface area contributed by atoms with E-state index in [0.29, 0.717) is 0 Å². The molecule has 0 aliphatic carbocycles. The zero-order valence-corrected chi connectivity index (χ0v) is 9.81. The molecule has 0 amide bonds. The van der Waals surface area contributed by atoms with Crippen molar-refractivity contribution in [2.45, 2.75) is 11.3 Å². The minimum atomic E-state index is -3.75. The topological polar surface area (TPSA) is 85.1 Å². The summed E-state index contributed by atoms with van der Waals surface area (Å²) in [6.07, 6.45) is 2.23. The van der Waals surface area contributed by atoms with Gasteiger partial charge in [0.1, 0.15) is 10.7 Å². The number of hydrogen-bond acceptors (Lipinski definition) is 4. The lowest BCUT2D eigenvalue weighted by Crippen LogP contribution is -2.27. The highest BCUT2D eigenvalue weighted by molar-refractivity contribution is 7.89. The first kappa shape index (κ1) is 12.9.